The van der Waals surface area contributed by atoms with Gasteiger partial charge in [0.25, 0.3) is 5.91 Å². The maximum Gasteiger partial charge on any atom is 0.258 e. The topological polar surface area (TPSA) is 85.3 Å². The molecule has 31 heavy (non-hydrogen) atoms. The standard InChI is InChI=1S/C23H22N4O3S/c1-14-19(22(31-2)26-20(24-14)18-8-5-13-29-18)23(28)27-11-9-15(10-12-27)21-25-16-6-3-4-7-17(16)30-21/h3-8,13,15H,9-12H2,1-2H3. The van der Waals surface area contributed by atoms with Gasteiger partial charge in [-0.1, -0.05) is 12.1 Å². The molecule has 4 aromatic rings. The van der Waals surface area contributed by atoms with Crippen molar-refractivity contribution < 1.29 is 13.6 Å². The van der Waals surface area contributed by atoms with Crippen LogP contribution in [0.4, 0.5) is 0 Å². The molecule has 4 heterocycles. The summed E-state index contributed by atoms with van der Waals surface area (Å²) in [5.41, 5.74) is 2.93. The van der Waals surface area contributed by atoms with Gasteiger partial charge in [-0.2, -0.15) is 0 Å². The second kappa shape index (κ2) is 8.19. The zero-order valence-electron chi connectivity index (χ0n) is 17.4. The Bertz CT molecular complexity index is 1190. The summed E-state index contributed by atoms with van der Waals surface area (Å²) in [5, 5.41) is 0.671. The zero-order chi connectivity index (χ0) is 21.4. The highest BCUT2D eigenvalue weighted by Crippen LogP contribution is 2.32. The van der Waals surface area contributed by atoms with Crippen LogP contribution in [0.3, 0.4) is 0 Å². The van der Waals surface area contributed by atoms with Crippen LogP contribution in [-0.2, 0) is 0 Å². The van der Waals surface area contributed by atoms with Crippen molar-refractivity contribution >= 4 is 28.8 Å². The molecule has 158 valence electrons. The average molecular weight is 435 g/mol. The lowest BCUT2D eigenvalue weighted by Gasteiger charge is -2.31. The third kappa shape index (κ3) is 3.72. The lowest BCUT2D eigenvalue weighted by Crippen LogP contribution is -2.38. The van der Waals surface area contributed by atoms with Crippen LogP contribution in [0.5, 0.6) is 0 Å². The number of aromatic nitrogens is 3. The van der Waals surface area contributed by atoms with Gasteiger partial charge < -0.3 is 13.7 Å². The van der Waals surface area contributed by atoms with Crippen molar-refractivity contribution in [2.24, 2.45) is 0 Å². The van der Waals surface area contributed by atoms with E-state index in [2.05, 4.69) is 15.0 Å². The molecule has 7 nitrogen and oxygen atoms in total. The number of para-hydroxylation sites is 2. The van der Waals surface area contributed by atoms with Gasteiger partial charge in [0.05, 0.1) is 17.5 Å². The van der Waals surface area contributed by atoms with E-state index in [1.807, 2.05) is 48.4 Å². The Morgan fingerprint density at radius 2 is 1.90 bits per heavy atom. The van der Waals surface area contributed by atoms with Gasteiger partial charge in [-0.3, -0.25) is 4.79 Å². The number of carbonyl (C=O) groups is 1. The molecule has 3 aromatic heterocycles. The van der Waals surface area contributed by atoms with Crippen LogP contribution >= 0.6 is 11.8 Å². The third-order valence-electron chi connectivity index (χ3n) is 5.65. The van der Waals surface area contributed by atoms with Gasteiger partial charge in [-0.25, -0.2) is 15.0 Å². The number of carbonyl (C=O) groups excluding carboxylic acids is 1. The van der Waals surface area contributed by atoms with Crippen LogP contribution in [0.25, 0.3) is 22.7 Å². The number of thioether (sulfide) groups is 1. The summed E-state index contributed by atoms with van der Waals surface area (Å²) in [6.45, 7) is 3.15. The molecule has 8 heteroatoms. The smallest absolute Gasteiger partial charge is 0.258 e. The van der Waals surface area contributed by atoms with Crippen molar-refractivity contribution in [2.45, 2.75) is 30.7 Å². The number of hydrogen-bond acceptors (Lipinski definition) is 7. The first-order valence-electron chi connectivity index (χ1n) is 10.3. The van der Waals surface area contributed by atoms with Gasteiger partial charge in [0, 0.05) is 19.0 Å². The van der Waals surface area contributed by atoms with Crippen molar-refractivity contribution in [2.75, 3.05) is 19.3 Å². The van der Waals surface area contributed by atoms with Gasteiger partial charge in [0.2, 0.25) is 0 Å². The highest BCUT2D eigenvalue weighted by atomic mass is 32.2. The van der Waals surface area contributed by atoms with Gasteiger partial charge in [0.15, 0.2) is 23.1 Å². The monoisotopic (exact) mass is 434 g/mol. The first-order chi connectivity index (χ1) is 15.1. The zero-order valence-corrected chi connectivity index (χ0v) is 18.2. The van der Waals surface area contributed by atoms with Crippen LogP contribution < -0.4 is 0 Å². The fraction of sp³-hybridized carbons (Fsp3) is 0.304. The first kappa shape index (κ1) is 19.8. The second-order valence-electron chi connectivity index (χ2n) is 7.58. The molecular weight excluding hydrogens is 412 g/mol. The van der Waals surface area contributed by atoms with E-state index in [9.17, 15) is 4.79 Å². The molecule has 1 aliphatic rings. The van der Waals surface area contributed by atoms with Gasteiger partial charge in [0.1, 0.15) is 10.5 Å². The maximum absolute atomic E-state index is 13.4. The minimum atomic E-state index is -0.0242. The summed E-state index contributed by atoms with van der Waals surface area (Å²) < 4.78 is 11.4. The van der Waals surface area contributed by atoms with E-state index in [4.69, 9.17) is 8.83 Å². The normalized spacial score (nSPS) is 15.0. The first-order valence-corrected chi connectivity index (χ1v) is 11.5. The molecule has 0 bridgehead atoms. The molecule has 1 amide bonds. The van der Waals surface area contributed by atoms with Crippen molar-refractivity contribution in [3.8, 4) is 11.6 Å². The van der Waals surface area contributed by atoms with Crippen molar-refractivity contribution in [1.29, 1.82) is 0 Å². The van der Waals surface area contributed by atoms with E-state index in [1.54, 1.807) is 12.3 Å². The Hall–Kier alpha value is -3.13. The van der Waals surface area contributed by atoms with E-state index in [1.165, 1.54) is 11.8 Å². The number of hydrogen-bond donors (Lipinski definition) is 0. The predicted molar refractivity (Wildman–Crippen MR) is 118 cm³/mol. The molecule has 1 fully saturated rings. The lowest BCUT2D eigenvalue weighted by atomic mass is 9.96. The van der Waals surface area contributed by atoms with E-state index >= 15 is 0 Å². The number of rotatable bonds is 4. The summed E-state index contributed by atoms with van der Waals surface area (Å²) in [6.07, 6.45) is 5.14. The van der Waals surface area contributed by atoms with Crippen LogP contribution in [0.2, 0.25) is 0 Å². The number of likely N-dealkylation sites (tertiary alicyclic amines) is 1. The molecule has 0 N–H and O–H groups in total. The Kier molecular flexibility index (Phi) is 5.23. The fourth-order valence-electron chi connectivity index (χ4n) is 4.01. The van der Waals surface area contributed by atoms with E-state index < -0.39 is 0 Å². The van der Waals surface area contributed by atoms with Gasteiger partial charge >= 0.3 is 0 Å². The lowest BCUT2D eigenvalue weighted by molar-refractivity contribution is 0.0701. The number of amides is 1. The van der Waals surface area contributed by atoms with E-state index in [0.29, 0.717) is 41.0 Å². The number of fused-ring (bicyclic) bond motifs is 1. The molecular formula is C23H22N4O3S. The van der Waals surface area contributed by atoms with Crippen molar-refractivity contribution in [1.82, 2.24) is 19.9 Å². The number of piperidine rings is 1. The number of furan rings is 1. The molecule has 0 aliphatic carbocycles. The molecule has 0 saturated carbocycles. The molecule has 5 rings (SSSR count). The molecule has 0 unspecified atom stereocenters. The molecule has 1 aromatic carbocycles. The average Bonchev–Trinajstić information content (AvgIpc) is 3.48. The van der Waals surface area contributed by atoms with Crippen LogP contribution in [0.1, 0.15) is 40.7 Å². The molecule has 0 atom stereocenters. The second-order valence-corrected chi connectivity index (χ2v) is 8.38. The molecule has 0 spiro atoms. The molecule has 1 saturated heterocycles. The number of oxazole rings is 1. The summed E-state index contributed by atoms with van der Waals surface area (Å²) in [6, 6.07) is 11.4. The number of aryl methyl sites for hydroxylation is 1. The van der Waals surface area contributed by atoms with Crippen LogP contribution in [0, 0.1) is 6.92 Å². The summed E-state index contributed by atoms with van der Waals surface area (Å²) in [5.74, 6) is 2.05. The molecule has 0 radical (unpaired) electrons. The van der Waals surface area contributed by atoms with Gasteiger partial charge in [-0.15, -0.1) is 11.8 Å². The highest BCUT2D eigenvalue weighted by Gasteiger charge is 2.30. The predicted octanol–water partition coefficient (Wildman–Crippen LogP) is 4.93. The maximum atomic E-state index is 13.4. The Labute approximate surface area is 183 Å². The van der Waals surface area contributed by atoms with Crippen LogP contribution in [-0.4, -0.2) is 45.1 Å². The highest BCUT2D eigenvalue weighted by molar-refractivity contribution is 7.98. The number of nitrogens with zero attached hydrogens (tertiary/aromatic N) is 4. The Balaban J connectivity index is 1.34. The SMILES string of the molecule is CSc1nc(-c2ccco2)nc(C)c1C(=O)N1CCC(c2nc3ccccc3o2)CC1. The summed E-state index contributed by atoms with van der Waals surface area (Å²) in [7, 11) is 0. The summed E-state index contributed by atoms with van der Waals surface area (Å²) in [4.78, 5) is 29.0. The van der Waals surface area contributed by atoms with Crippen molar-refractivity contribution in [3.05, 3.63) is 59.8 Å². The van der Waals surface area contributed by atoms with E-state index in [-0.39, 0.29) is 11.8 Å². The van der Waals surface area contributed by atoms with Crippen molar-refractivity contribution in [3.63, 3.8) is 0 Å². The fourth-order valence-corrected chi connectivity index (χ4v) is 4.63. The minimum Gasteiger partial charge on any atom is -0.461 e. The Morgan fingerprint density at radius 3 is 2.61 bits per heavy atom. The Morgan fingerprint density at radius 1 is 1.10 bits per heavy atom. The quantitative estimate of drug-likeness (QED) is 0.333. The van der Waals surface area contributed by atoms with Gasteiger partial charge in [-0.05, 0) is 50.3 Å². The molecule has 1 aliphatic heterocycles. The summed E-state index contributed by atoms with van der Waals surface area (Å²) >= 11 is 1.45. The minimum absolute atomic E-state index is 0.0242. The number of benzene rings is 1. The van der Waals surface area contributed by atoms with E-state index in [0.717, 1.165) is 29.8 Å². The largest absolute Gasteiger partial charge is 0.461 e. The third-order valence-corrected chi connectivity index (χ3v) is 6.33. The van der Waals surface area contributed by atoms with Crippen LogP contribution in [0.15, 0.2) is 56.5 Å².